The third-order valence-electron chi connectivity index (χ3n) is 4.39. The third kappa shape index (κ3) is 4.90. The summed E-state index contributed by atoms with van der Waals surface area (Å²) in [5.74, 6) is -0.333. The third-order valence-corrected chi connectivity index (χ3v) is 4.39. The van der Waals surface area contributed by atoms with Gasteiger partial charge in [-0.1, -0.05) is 44.2 Å². The van der Waals surface area contributed by atoms with Crippen LogP contribution in [0.15, 0.2) is 54.9 Å². The molecule has 1 aromatic carbocycles. The van der Waals surface area contributed by atoms with Crippen molar-refractivity contribution in [3.8, 4) is 0 Å². The van der Waals surface area contributed by atoms with Crippen molar-refractivity contribution in [3.63, 3.8) is 0 Å². The van der Waals surface area contributed by atoms with Crippen LogP contribution in [0.1, 0.15) is 38.3 Å². The van der Waals surface area contributed by atoms with Gasteiger partial charge in [-0.3, -0.25) is 9.78 Å². The molecule has 2 aromatic rings. The van der Waals surface area contributed by atoms with Crippen LogP contribution in [0.3, 0.4) is 0 Å². The predicted molar refractivity (Wildman–Crippen MR) is 95.7 cm³/mol. The van der Waals surface area contributed by atoms with Crippen LogP contribution in [-0.4, -0.2) is 28.1 Å². The monoisotopic (exact) mass is 326 g/mol. The molecule has 0 aliphatic rings. The van der Waals surface area contributed by atoms with Crippen LogP contribution in [0.4, 0.5) is 0 Å². The standard InChI is InChI=1S/C20H26N2O2/c1-19(2,17-10-13-21-14-11-17)15-22-18(23)20(3,24)12-9-16-7-5-4-6-8-16/h4-8,10-11,13-14,24H,9,12,15H2,1-3H3,(H,22,23)/t20-/m1/s1. The first-order valence-corrected chi connectivity index (χ1v) is 8.26. The van der Waals surface area contributed by atoms with Crippen LogP contribution in [-0.2, 0) is 16.6 Å². The van der Waals surface area contributed by atoms with Crippen molar-refractivity contribution >= 4 is 5.91 Å². The summed E-state index contributed by atoms with van der Waals surface area (Å²) in [6.07, 6.45) is 4.54. The largest absolute Gasteiger partial charge is 0.380 e. The summed E-state index contributed by atoms with van der Waals surface area (Å²) in [6.45, 7) is 6.14. The highest BCUT2D eigenvalue weighted by Gasteiger charge is 2.31. The molecule has 24 heavy (non-hydrogen) atoms. The number of hydrogen-bond donors (Lipinski definition) is 2. The molecule has 1 heterocycles. The molecule has 1 aromatic heterocycles. The molecular weight excluding hydrogens is 300 g/mol. The minimum atomic E-state index is -1.38. The van der Waals surface area contributed by atoms with Gasteiger partial charge in [-0.05, 0) is 43.0 Å². The van der Waals surface area contributed by atoms with E-state index in [-0.39, 0.29) is 11.3 Å². The predicted octanol–water partition coefficient (Wildman–Crippen LogP) is 2.86. The zero-order chi connectivity index (χ0) is 17.6. The van der Waals surface area contributed by atoms with Gasteiger partial charge < -0.3 is 10.4 Å². The van der Waals surface area contributed by atoms with E-state index in [1.165, 1.54) is 0 Å². The maximum Gasteiger partial charge on any atom is 0.251 e. The van der Waals surface area contributed by atoms with E-state index in [0.717, 1.165) is 11.1 Å². The van der Waals surface area contributed by atoms with Gasteiger partial charge in [0.1, 0.15) is 5.60 Å². The Balaban J connectivity index is 1.90. The van der Waals surface area contributed by atoms with Gasteiger partial charge in [-0.2, -0.15) is 0 Å². The Morgan fingerprint density at radius 3 is 2.33 bits per heavy atom. The van der Waals surface area contributed by atoms with Crippen LogP contribution in [0.25, 0.3) is 0 Å². The van der Waals surface area contributed by atoms with Crippen molar-refractivity contribution in [2.24, 2.45) is 0 Å². The summed E-state index contributed by atoms with van der Waals surface area (Å²) >= 11 is 0. The van der Waals surface area contributed by atoms with Gasteiger partial charge in [-0.15, -0.1) is 0 Å². The van der Waals surface area contributed by atoms with E-state index in [9.17, 15) is 9.90 Å². The Morgan fingerprint density at radius 2 is 1.71 bits per heavy atom. The maximum absolute atomic E-state index is 12.4. The molecule has 4 heteroatoms. The first-order chi connectivity index (χ1) is 11.3. The highest BCUT2D eigenvalue weighted by molar-refractivity contribution is 5.84. The molecule has 0 aliphatic heterocycles. The number of amides is 1. The zero-order valence-electron chi connectivity index (χ0n) is 14.6. The number of nitrogens with one attached hydrogen (secondary N) is 1. The van der Waals surface area contributed by atoms with Crippen LogP contribution >= 0.6 is 0 Å². The molecule has 2 N–H and O–H groups in total. The van der Waals surface area contributed by atoms with Crippen molar-refractivity contribution in [1.82, 2.24) is 10.3 Å². The summed E-state index contributed by atoms with van der Waals surface area (Å²) in [4.78, 5) is 16.4. The molecule has 0 saturated heterocycles. The number of nitrogens with zero attached hydrogens (tertiary/aromatic N) is 1. The van der Waals surface area contributed by atoms with Gasteiger partial charge in [0.05, 0.1) is 0 Å². The first kappa shape index (κ1) is 18.1. The summed E-state index contributed by atoms with van der Waals surface area (Å²) in [7, 11) is 0. The Labute approximate surface area is 143 Å². The lowest BCUT2D eigenvalue weighted by atomic mass is 9.85. The highest BCUT2D eigenvalue weighted by atomic mass is 16.3. The minimum absolute atomic E-state index is 0.228. The van der Waals surface area contributed by atoms with Gasteiger partial charge in [0, 0.05) is 24.4 Å². The molecule has 4 nitrogen and oxygen atoms in total. The maximum atomic E-state index is 12.4. The second-order valence-electron chi connectivity index (χ2n) is 7.06. The van der Waals surface area contributed by atoms with Crippen molar-refractivity contribution in [2.75, 3.05) is 6.54 Å². The van der Waals surface area contributed by atoms with E-state index in [4.69, 9.17) is 0 Å². The van der Waals surface area contributed by atoms with Crippen LogP contribution in [0.5, 0.6) is 0 Å². The van der Waals surface area contributed by atoms with Gasteiger partial charge in [-0.25, -0.2) is 0 Å². The zero-order valence-corrected chi connectivity index (χ0v) is 14.6. The number of hydrogen-bond acceptors (Lipinski definition) is 3. The van der Waals surface area contributed by atoms with E-state index >= 15 is 0 Å². The molecule has 0 unspecified atom stereocenters. The number of aromatic nitrogens is 1. The van der Waals surface area contributed by atoms with Crippen molar-refractivity contribution in [3.05, 3.63) is 66.0 Å². The number of benzene rings is 1. The van der Waals surface area contributed by atoms with E-state index < -0.39 is 5.60 Å². The Morgan fingerprint density at radius 1 is 1.08 bits per heavy atom. The number of carbonyl (C=O) groups excluding carboxylic acids is 1. The topological polar surface area (TPSA) is 62.2 Å². The number of rotatable bonds is 7. The smallest absolute Gasteiger partial charge is 0.251 e. The summed E-state index contributed by atoms with van der Waals surface area (Å²) in [5.41, 5.74) is 0.600. The molecule has 0 spiro atoms. The normalized spacial score (nSPS) is 14.0. The number of aliphatic hydroxyl groups is 1. The minimum Gasteiger partial charge on any atom is -0.380 e. The van der Waals surface area contributed by atoms with Crippen LogP contribution < -0.4 is 5.32 Å². The lowest BCUT2D eigenvalue weighted by Crippen LogP contribution is -2.48. The molecule has 0 radical (unpaired) electrons. The quantitative estimate of drug-likeness (QED) is 0.822. The molecule has 0 saturated carbocycles. The molecule has 0 fully saturated rings. The first-order valence-electron chi connectivity index (χ1n) is 8.26. The Kier molecular flexibility index (Phi) is 5.73. The second kappa shape index (κ2) is 7.58. The second-order valence-corrected chi connectivity index (χ2v) is 7.06. The fourth-order valence-corrected chi connectivity index (χ4v) is 2.54. The van der Waals surface area contributed by atoms with E-state index in [1.807, 2.05) is 42.5 Å². The van der Waals surface area contributed by atoms with Crippen LogP contribution in [0, 0.1) is 0 Å². The molecule has 128 valence electrons. The number of pyridine rings is 1. The lowest BCUT2D eigenvalue weighted by molar-refractivity contribution is -0.138. The summed E-state index contributed by atoms with van der Waals surface area (Å²) < 4.78 is 0. The average molecular weight is 326 g/mol. The van der Waals surface area contributed by atoms with Gasteiger partial charge in [0.2, 0.25) is 0 Å². The molecular formula is C20H26N2O2. The van der Waals surface area contributed by atoms with Crippen molar-refractivity contribution in [1.29, 1.82) is 0 Å². The highest BCUT2D eigenvalue weighted by Crippen LogP contribution is 2.22. The van der Waals surface area contributed by atoms with Gasteiger partial charge in [0.15, 0.2) is 0 Å². The fourth-order valence-electron chi connectivity index (χ4n) is 2.54. The van der Waals surface area contributed by atoms with Gasteiger partial charge >= 0.3 is 0 Å². The lowest BCUT2D eigenvalue weighted by Gasteiger charge is -2.28. The summed E-state index contributed by atoms with van der Waals surface area (Å²) in [6, 6.07) is 13.8. The molecule has 1 atom stereocenters. The summed E-state index contributed by atoms with van der Waals surface area (Å²) in [5, 5.41) is 13.4. The van der Waals surface area contributed by atoms with Gasteiger partial charge in [0.25, 0.3) is 5.91 Å². The fraction of sp³-hybridized carbons (Fsp3) is 0.400. The van der Waals surface area contributed by atoms with E-state index in [0.29, 0.717) is 19.4 Å². The Hall–Kier alpha value is -2.20. The van der Waals surface area contributed by atoms with Crippen LogP contribution in [0.2, 0.25) is 0 Å². The molecule has 2 rings (SSSR count). The molecule has 0 bridgehead atoms. The Bertz CT molecular complexity index is 652. The van der Waals surface area contributed by atoms with E-state index in [2.05, 4.69) is 24.1 Å². The molecule has 0 aliphatic carbocycles. The molecule has 1 amide bonds. The van der Waals surface area contributed by atoms with Crippen molar-refractivity contribution in [2.45, 2.75) is 44.6 Å². The average Bonchev–Trinajstić information content (AvgIpc) is 2.59. The number of aryl methyl sites for hydroxylation is 1. The van der Waals surface area contributed by atoms with Crippen molar-refractivity contribution < 1.29 is 9.90 Å². The van der Waals surface area contributed by atoms with E-state index in [1.54, 1.807) is 19.3 Å². The SMILES string of the molecule is CC(C)(CNC(=O)[C@](C)(O)CCc1ccccc1)c1ccncc1. The number of carbonyl (C=O) groups is 1.